The van der Waals surface area contributed by atoms with Crippen LogP contribution >= 0.6 is 0 Å². The molecule has 3 nitrogen and oxygen atoms in total. The van der Waals surface area contributed by atoms with Crippen LogP contribution in [0.2, 0.25) is 0 Å². The summed E-state index contributed by atoms with van der Waals surface area (Å²) in [5.41, 5.74) is 0.696. The molecule has 1 saturated heterocycles. The number of methoxy groups -OCH3 is 1. The van der Waals surface area contributed by atoms with Crippen LogP contribution in [0.4, 0.5) is 4.39 Å². The van der Waals surface area contributed by atoms with E-state index in [1.54, 1.807) is 19.2 Å². The molecule has 2 rings (SSSR count). The van der Waals surface area contributed by atoms with E-state index in [0.717, 1.165) is 32.6 Å². The van der Waals surface area contributed by atoms with Gasteiger partial charge in [0.15, 0.2) is 0 Å². The summed E-state index contributed by atoms with van der Waals surface area (Å²) >= 11 is 0. The number of piperazine rings is 1. The van der Waals surface area contributed by atoms with Crippen molar-refractivity contribution in [3.05, 3.63) is 42.2 Å². The first kappa shape index (κ1) is 14.0. The molecule has 0 unspecified atom stereocenters. The van der Waals surface area contributed by atoms with Crippen LogP contribution in [0.3, 0.4) is 0 Å². The van der Waals surface area contributed by atoms with Gasteiger partial charge in [-0.15, -0.1) is 6.58 Å². The Labute approximate surface area is 114 Å². The molecule has 0 spiro atoms. The van der Waals surface area contributed by atoms with Crippen molar-refractivity contribution in [1.29, 1.82) is 0 Å². The maximum absolute atomic E-state index is 14.1. The quantitative estimate of drug-likeness (QED) is 0.826. The van der Waals surface area contributed by atoms with Crippen LogP contribution in [0.15, 0.2) is 30.9 Å². The summed E-state index contributed by atoms with van der Waals surface area (Å²) in [6, 6.07) is 4.97. The van der Waals surface area contributed by atoms with Crippen molar-refractivity contribution < 1.29 is 9.13 Å². The lowest BCUT2D eigenvalue weighted by Crippen LogP contribution is -2.45. The van der Waals surface area contributed by atoms with E-state index in [0.29, 0.717) is 11.3 Å². The van der Waals surface area contributed by atoms with E-state index in [4.69, 9.17) is 4.74 Å². The zero-order chi connectivity index (χ0) is 13.7. The van der Waals surface area contributed by atoms with Gasteiger partial charge in [-0.2, -0.15) is 0 Å². The fourth-order valence-electron chi connectivity index (χ4n) is 2.53. The van der Waals surface area contributed by atoms with Crippen molar-refractivity contribution in [3.63, 3.8) is 0 Å². The van der Waals surface area contributed by atoms with Crippen LogP contribution in [0.25, 0.3) is 0 Å². The SMILES string of the molecule is C=CC[C@H](c1cc(OC)ccc1F)N1CCNCC1. The summed E-state index contributed by atoms with van der Waals surface area (Å²) in [5, 5.41) is 3.31. The van der Waals surface area contributed by atoms with Gasteiger partial charge in [-0.3, -0.25) is 4.90 Å². The Bertz CT molecular complexity index is 430. The van der Waals surface area contributed by atoms with Gasteiger partial charge in [0.1, 0.15) is 11.6 Å². The van der Waals surface area contributed by atoms with Gasteiger partial charge in [0.05, 0.1) is 7.11 Å². The number of hydrogen-bond acceptors (Lipinski definition) is 3. The van der Waals surface area contributed by atoms with E-state index in [9.17, 15) is 4.39 Å². The maximum atomic E-state index is 14.1. The first-order chi connectivity index (χ1) is 9.26. The van der Waals surface area contributed by atoms with Gasteiger partial charge in [0.2, 0.25) is 0 Å². The van der Waals surface area contributed by atoms with Crippen molar-refractivity contribution in [3.8, 4) is 5.75 Å². The van der Waals surface area contributed by atoms with E-state index in [1.165, 1.54) is 6.07 Å². The van der Waals surface area contributed by atoms with Gasteiger partial charge in [-0.05, 0) is 24.6 Å². The van der Waals surface area contributed by atoms with Gasteiger partial charge < -0.3 is 10.1 Å². The Hall–Kier alpha value is -1.39. The highest BCUT2D eigenvalue weighted by Gasteiger charge is 2.23. The molecule has 1 atom stereocenters. The Morgan fingerprint density at radius 3 is 2.84 bits per heavy atom. The molecule has 0 aliphatic carbocycles. The van der Waals surface area contributed by atoms with Gasteiger partial charge >= 0.3 is 0 Å². The lowest BCUT2D eigenvalue weighted by Gasteiger charge is -2.35. The molecule has 1 aromatic carbocycles. The average molecular weight is 264 g/mol. The molecule has 1 N–H and O–H groups in total. The lowest BCUT2D eigenvalue weighted by molar-refractivity contribution is 0.171. The van der Waals surface area contributed by atoms with Gasteiger partial charge in [-0.25, -0.2) is 4.39 Å². The molecular weight excluding hydrogens is 243 g/mol. The number of nitrogens with one attached hydrogen (secondary N) is 1. The van der Waals surface area contributed by atoms with Crippen LogP contribution in [0.5, 0.6) is 5.75 Å². The lowest BCUT2D eigenvalue weighted by atomic mass is 10.00. The minimum absolute atomic E-state index is 0.0368. The monoisotopic (exact) mass is 264 g/mol. The van der Waals surface area contributed by atoms with E-state index in [1.807, 2.05) is 6.08 Å². The Morgan fingerprint density at radius 1 is 1.47 bits per heavy atom. The van der Waals surface area contributed by atoms with Crippen molar-refractivity contribution >= 4 is 0 Å². The van der Waals surface area contributed by atoms with Crippen LogP contribution in [-0.4, -0.2) is 38.2 Å². The summed E-state index contributed by atoms with van der Waals surface area (Å²) in [6.07, 6.45) is 2.59. The molecule has 1 aliphatic rings. The Balaban J connectivity index is 2.28. The molecule has 0 saturated carbocycles. The number of benzene rings is 1. The zero-order valence-electron chi connectivity index (χ0n) is 11.4. The molecule has 1 aromatic rings. The highest BCUT2D eigenvalue weighted by atomic mass is 19.1. The minimum atomic E-state index is -0.175. The normalized spacial score (nSPS) is 18.0. The average Bonchev–Trinajstić information content (AvgIpc) is 2.47. The third kappa shape index (κ3) is 3.33. The van der Waals surface area contributed by atoms with Crippen LogP contribution < -0.4 is 10.1 Å². The molecule has 19 heavy (non-hydrogen) atoms. The molecule has 0 amide bonds. The minimum Gasteiger partial charge on any atom is -0.497 e. The molecule has 0 bridgehead atoms. The van der Waals surface area contributed by atoms with Crippen LogP contribution in [-0.2, 0) is 0 Å². The smallest absolute Gasteiger partial charge is 0.128 e. The summed E-state index contributed by atoms with van der Waals surface area (Å²) in [4.78, 5) is 2.30. The molecule has 4 heteroatoms. The van der Waals surface area contributed by atoms with Gasteiger partial charge in [0, 0.05) is 37.8 Å². The van der Waals surface area contributed by atoms with Gasteiger partial charge in [0.25, 0.3) is 0 Å². The molecular formula is C15H21FN2O. The first-order valence-corrected chi connectivity index (χ1v) is 6.65. The molecule has 1 heterocycles. The largest absolute Gasteiger partial charge is 0.497 e. The topological polar surface area (TPSA) is 24.5 Å². The Kier molecular flexibility index (Phi) is 4.93. The highest BCUT2D eigenvalue weighted by Crippen LogP contribution is 2.30. The molecule has 0 aromatic heterocycles. The molecule has 1 aliphatic heterocycles. The second kappa shape index (κ2) is 6.68. The van der Waals surface area contributed by atoms with Crippen LogP contribution in [0.1, 0.15) is 18.0 Å². The number of ether oxygens (including phenoxy) is 1. The number of rotatable bonds is 5. The van der Waals surface area contributed by atoms with Crippen molar-refractivity contribution in [2.24, 2.45) is 0 Å². The second-order valence-corrected chi connectivity index (χ2v) is 4.71. The summed E-state index contributed by atoms with van der Waals surface area (Å²) < 4.78 is 19.3. The number of hydrogen-bond donors (Lipinski definition) is 1. The fourth-order valence-corrected chi connectivity index (χ4v) is 2.53. The molecule has 1 fully saturated rings. The van der Waals surface area contributed by atoms with Crippen molar-refractivity contribution in [1.82, 2.24) is 10.2 Å². The van der Waals surface area contributed by atoms with E-state index in [-0.39, 0.29) is 11.9 Å². The van der Waals surface area contributed by atoms with Crippen molar-refractivity contribution in [2.75, 3.05) is 33.3 Å². The third-order valence-corrected chi connectivity index (χ3v) is 3.54. The van der Waals surface area contributed by atoms with Gasteiger partial charge in [-0.1, -0.05) is 6.08 Å². The van der Waals surface area contributed by atoms with E-state index in [2.05, 4.69) is 16.8 Å². The summed E-state index contributed by atoms with van der Waals surface area (Å²) in [6.45, 7) is 7.54. The summed E-state index contributed by atoms with van der Waals surface area (Å²) in [7, 11) is 1.60. The maximum Gasteiger partial charge on any atom is 0.128 e. The predicted molar refractivity (Wildman–Crippen MR) is 74.9 cm³/mol. The van der Waals surface area contributed by atoms with E-state index >= 15 is 0 Å². The highest BCUT2D eigenvalue weighted by molar-refractivity contribution is 5.32. The zero-order valence-corrected chi connectivity index (χ0v) is 11.4. The second-order valence-electron chi connectivity index (χ2n) is 4.71. The first-order valence-electron chi connectivity index (χ1n) is 6.65. The fraction of sp³-hybridized carbons (Fsp3) is 0.467. The third-order valence-electron chi connectivity index (χ3n) is 3.54. The molecule has 0 radical (unpaired) electrons. The number of nitrogens with zero attached hydrogens (tertiary/aromatic N) is 1. The predicted octanol–water partition coefficient (Wildman–Crippen LogP) is 2.36. The summed E-state index contributed by atoms with van der Waals surface area (Å²) in [5.74, 6) is 0.520. The standard InChI is InChI=1S/C15H21FN2O/c1-3-4-15(18-9-7-17-8-10-18)13-11-12(19-2)5-6-14(13)16/h3,5-6,11,15,17H,1,4,7-10H2,2H3/t15-/m1/s1. The number of halogens is 1. The van der Waals surface area contributed by atoms with Crippen LogP contribution in [0, 0.1) is 5.82 Å². The Morgan fingerprint density at radius 2 is 2.21 bits per heavy atom. The van der Waals surface area contributed by atoms with E-state index < -0.39 is 0 Å². The molecule has 104 valence electrons. The van der Waals surface area contributed by atoms with Crippen molar-refractivity contribution in [2.45, 2.75) is 12.5 Å².